The summed E-state index contributed by atoms with van der Waals surface area (Å²) < 4.78 is 0. The van der Waals surface area contributed by atoms with E-state index in [4.69, 9.17) is 5.73 Å². The van der Waals surface area contributed by atoms with Crippen molar-refractivity contribution in [2.24, 2.45) is 5.73 Å². The molecule has 0 saturated heterocycles. The third-order valence-electron chi connectivity index (χ3n) is 4.17. The van der Waals surface area contributed by atoms with Crippen molar-refractivity contribution in [3.63, 3.8) is 0 Å². The summed E-state index contributed by atoms with van der Waals surface area (Å²) in [5.74, 6) is 0. The van der Waals surface area contributed by atoms with Crippen LogP contribution in [0.3, 0.4) is 0 Å². The fourth-order valence-corrected chi connectivity index (χ4v) is 2.25. The molecule has 0 saturated carbocycles. The normalized spacial score (nSPS) is 17.1. The van der Waals surface area contributed by atoms with E-state index in [1.807, 2.05) is 14.0 Å². The minimum absolute atomic E-state index is 0.382. The van der Waals surface area contributed by atoms with Crippen LogP contribution in [0.15, 0.2) is 12.2 Å². The van der Waals surface area contributed by atoms with Gasteiger partial charge in [0.05, 0.1) is 11.1 Å². The van der Waals surface area contributed by atoms with Gasteiger partial charge in [-0.1, -0.05) is 31.4 Å². The molecule has 0 radical (unpaired) electrons. The molecule has 1 unspecified atom stereocenters. The second-order valence-electron chi connectivity index (χ2n) is 6.73. The molecule has 0 spiro atoms. The van der Waals surface area contributed by atoms with E-state index in [1.54, 1.807) is 6.92 Å². The average molecular weight is 310 g/mol. The molecule has 0 aromatic rings. The molecule has 0 bridgehead atoms. The van der Waals surface area contributed by atoms with Gasteiger partial charge in [0.15, 0.2) is 0 Å². The van der Waals surface area contributed by atoms with Gasteiger partial charge >= 0.3 is 0 Å². The van der Waals surface area contributed by atoms with E-state index >= 15 is 0 Å². The first kappa shape index (κ1) is 21.0. The Morgan fingerprint density at radius 3 is 2.00 bits per heavy atom. The number of likely N-dealkylation sites (N-methyl/N-ethyl adjacent to an activating group) is 1. The number of nitrogens with two attached hydrogens (primary N) is 1. The van der Waals surface area contributed by atoms with Crippen molar-refractivity contribution in [2.75, 3.05) is 7.05 Å². The maximum atomic E-state index is 10.9. The van der Waals surface area contributed by atoms with Crippen LogP contribution in [-0.2, 0) is 9.59 Å². The van der Waals surface area contributed by atoms with Crippen molar-refractivity contribution in [1.82, 2.24) is 5.32 Å². The van der Waals surface area contributed by atoms with Gasteiger partial charge in [-0.15, -0.1) is 0 Å². The molecule has 0 aromatic carbocycles. The molecule has 22 heavy (non-hydrogen) atoms. The predicted molar refractivity (Wildman–Crippen MR) is 92.9 cm³/mol. The van der Waals surface area contributed by atoms with Crippen LogP contribution in [0.2, 0.25) is 0 Å². The van der Waals surface area contributed by atoms with Crippen LogP contribution in [0.1, 0.15) is 71.6 Å². The van der Waals surface area contributed by atoms with Crippen LogP contribution in [0.4, 0.5) is 0 Å². The Labute approximate surface area is 135 Å². The zero-order valence-corrected chi connectivity index (χ0v) is 14.6. The highest BCUT2D eigenvalue weighted by molar-refractivity contribution is 5.63. The SMILES string of the molecule is CNC(C)(C=O)CCC/C=C\CCCCCC[C@@](C)(N)C=O. The summed E-state index contributed by atoms with van der Waals surface area (Å²) in [6.07, 6.45) is 15.6. The van der Waals surface area contributed by atoms with Crippen LogP contribution < -0.4 is 11.1 Å². The molecule has 0 rings (SSSR count). The third-order valence-corrected chi connectivity index (χ3v) is 4.17. The Balaban J connectivity index is 3.49. The third kappa shape index (κ3) is 10.7. The second-order valence-corrected chi connectivity index (χ2v) is 6.73. The summed E-state index contributed by atoms with van der Waals surface area (Å²) in [5.41, 5.74) is 4.74. The molecule has 0 aliphatic rings. The van der Waals surface area contributed by atoms with Crippen molar-refractivity contribution in [3.8, 4) is 0 Å². The van der Waals surface area contributed by atoms with Crippen LogP contribution in [-0.4, -0.2) is 30.7 Å². The maximum Gasteiger partial charge on any atom is 0.139 e. The fraction of sp³-hybridized carbons (Fsp3) is 0.778. The molecule has 0 aliphatic heterocycles. The van der Waals surface area contributed by atoms with Gasteiger partial charge in [-0.25, -0.2) is 0 Å². The van der Waals surface area contributed by atoms with E-state index in [1.165, 1.54) is 12.8 Å². The molecule has 0 aliphatic carbocycles. The van der Waals surface area contributed by atoms with E-state index in [9.17, 15) is 9.59 Å². The molecule has 4 heteroatoms. The summed E-state index contributed by atoms with van der Waals surface area (Å²) >= 11 is 0. The number of carbonyl (C=O) groups is 2. The smallest absolute Gasteiger partial charge is 0.139 e. The lowest BCUT2D eigenvalue weighted by Gasteiger charge is -2.21. The molecule has 0 fully saturated rings. The predicted octanol–water partition coefficient (Wildman–Crippen LogP) is 3.15. The quantitative estimate of drug-likeness (QED) is 0.294. The van der Waals surface area contributed by atoms with E-state index < -0.39 is 5.54 Å². The van der Waals surface area contributed by atoms with E-state index in [0.717, 1.165) is 57.5 Å². The number of allylic oxidation sites excluding steroid dienone is 2. The van der Waals surface area contributed by atoms with Crippen molar-refractivity contribution in [2.45, 2.75) is 82.7 Å². The summed E-state index contributed by atoms with van der Waals surface area (Å²) in [6, 6.07) is 0. The molecular weight excluding hydrogens is 276 g/mol. The van der Waals surface area contributed by atoms with Gasteiger partial charge in [0, 0.05) is 0 Å². The summed E-state index contributed by atoms with van der Waals surface area (Å²) in [4.78, 5) is 21.6. The minimum atomic E-state index is -0.650. The Bertz CT molecular complexity index is 340. The number of aldehydes is 2. The molecule has 2 atom stereocenters. The number of nitrogens with one attached hydrogen (secondary N) is 1. The Kier molecular flexibility index (Phi) is 11.0. The molecule has 0 amide bonds. The Morgan fingerprint density at radius 2 is 1.45 bits per heavy atom. The number of rotatable bonds is 14. The summed E-state index contributed by atoms with van der Waals surface area (Å²) in [6.45, 7) is 3.72. The lowest BCUT2D eigenvalue weighted by Crippen LogP contribution is -2.41. The monoisotopic (exact) mass is 310 g/mol. The first-order chi connectivity index (χ1) is 10.4. The summed E-state index contributed by atoms with van der Waals surface area (Å²) in [7, 11) is 1.83. The van der Waals surface area contributed by atoms with Gasteiger partial charge in [0.2, 0.25) is 0 Å². The molecule has 4 nitrogen and oxygen atoms in total. The minimum Gasteiger partial charge on any atom is -0.319 e. The lowest BCUT2D eigenvalue weighted by atomic mass is 9.96. The van der Waals surface area contributed by atoms with E-state index in [2.05, 4.69) is 17.5 Å². The molecular formula is C18H34N2O2. The first-order valence-corrected chi connectivity index (χ1v) is 8.44. The van der Waals surface area contributed by atoms with Gasteiger partial charge in [-0.3, -0.25) is 0 Å². The topological polar surface area (TPSA) is 72.2 Å². The highest BCUT2D eigenvalue weighted by Crippen LogP contribution is 2.13. The van der Waals surface area contributed by atoms with Crippen molar-refractivity contribution >= 4 is 12.6 Å². The first-order valence-electron chi connectivity index (χ1n) is 8.44. The number of hydrogen-bond donors (Lipinski definition) is 2. The van der Waals surface area contributed by atoms with Gasteiger partial charge < -0.3 is 20.6 Å². The van der Waals surface area contributed by atoms with Crippen LogP contribution in [0.25, 0.3) is 0 Å². The van der Waals surface area contributed by atoms with Crippen molar-refractivity contribution < 1.29 is 9.59 Å². The van der Waals surface area contributed by atoms with Crippen LogP contribution in [0.5, 0.6) is 0 Å². The van der Waals surface area contributed by atoms with Gasteiger partial charge in [0.25, 0.3) is 0 Å². The molecule has 0 aromatic heterocycles. The standard InChI is InChI=1S/C18H34N2O2/c1-17(19,15-21)13-11-9-7-5-4-6-8-10-12-14-18(2,16-22)20-3/h6,8,15-16,20H,4-5,7,9-14,19H2,1-3H3/b8-6-/t17-,18?/m1/s1. The highest BCUT2D eigenvalue weighted by atomic mass is 16.1. The maximum absolute atomic E-state index is 10.9. The van der Waals surface area contributed by atoms with Crippen molar-refractivity contribution in [1.29, 1.82) is 0 Å². The van der Waals surface area contributed by atoms with Crippen LogP contribution >= 0.6 is 0 Å². The lowest BCUT2D eigenvalue weighted by molar-refractivity contribution is -0.113. The zero-order valence-electron chi connectivity index (χ0n) is 14.6. The zero-order chi connectivity index (χ0) is 16.9. The van der Waals surface area contributed by atoms with Crippen molar-refractivity contribution in [3.05, 3.63) is 12.2 Å². The summed E-state index contributed by atoms with van der Waals surface area (Å²) in [5, 5.41) is 3.05. The average Bonchev–Trinajstić information content (AvgIpc) is 2.52. The van der Waals surface area contributed by atoms with Gasteiger partial charge in [0.1, 0.15) is 12.6 Å². The largest absolute Gasteiger partial charge is 0.319 e. The fourth-order valence-electron chi connectivity index (χ4n) is 2.25. The highest BCUT2D eigenvalue weighted by Gasteiger charge is 2.19. The Hall–Kier alpha value is -1.00. The second kappa shape index (κ2) is 11.6. The number of unbranched alkanes of at least 4 members (excludes halogenated alkanes) is 5. The van der Waals surface area contributed by atoms with E-state index in [-0.39, 0.29) is 5.54 Å². The van der Waals surface area contributed by atoms with Gasteiger partial charge in [-0.2, -0.15) is 0 Å². The molecule has 128 valence electrons. The van der Waals surface area contributed by atoms with Gasteiger partial charge in [-0.05, 0) is 59.4 Å². The molecule has 0 heterocycles. The molecule has 3 N–H and O–H groups in total. The van der Waals surface area contributed by atoms with Crippen LogP contribution in [0, 0.1) is 0 Å². The Morgan fingerprint density at radius 1 is 0.864 bits per heavy atom. The van der Waals surface area contributed by atoms with E-state index in [0.29, 0.717) is 0 Å². The number of carbonyl (C=O) groups excluding carboxylic acids is 2. The number of hydrogen-bond acceptors (Lipinski definition) is 4.